The minimum Gasteiger partial charge on any atom is -0.363 e. The molecule has 0 fully saturated rings. The summed E-state index contributed by atoms with van der Waals surface area (Å²) in [4.78, 5) is 20.5. The van der Waals surface area contributed by atoms with E-state index in [1.165, 1.54) is 24.5 Å². The molecule has 0 spiro atoms. The normalized spacial score (nSPS) is 11.0. The molecule has 0 aliphatic rings. The lowest BCUT2D eigenvalue weighted by molar-refractivity contribution is -0.384. The standard InChI is InChI=1S/C18H17N5O4S/c1-22(13-15-12-19-9-10-20-15)17-8-7-16(11-18(17)23(24)25)28(26,27)21-14-5-3-2-4-6-14/h2-12,21H,13H2,1H3. The van der Waals surface area contributed by atoms with Crippen molar-refractivity contribution in [3.8, 4) is 0 Å². The molecule has 10 heteroatoms. The maximum Gasteiger partial charge on any atom is 0.293 e. The van der Waals surface area contributed by atoms with E-state index in [-0.39, 0.29) is 22.8 Å². The van der Waals surface area contributed by atoms with Gasteiger partial charge in [-0.05, 0) is 24.3 Å². The molecular weight excluding hydrogens is 382 g/mol. The number of aromatic nitrogens is 2. The molecule has 0 amide bonds. The van der Waals surface area contributed by atoms with E-state index < -0.39 is 14.9 Å². The van der Waals surface area contributed by atoms with E-state index in [0.29, 0.717) is 11.4 Å². The van der Waals surface area contributed by atoms with Gasteiger partial charge in [-0.1, -0.05) is 18.2 Å². The smallest absolute Gasteiger partial charge is 0.293 e. The monoisotopic (exact) mass is 399 g/mol. The molecule has 0 saturated heterocycles. The zero-order valence-electron chi connectivity index (χ0n) is 14.9. The van der Waals surface area contributed by atoms with E-state index in [9.17, 15) is 18.5 Å². The first kappa shape index (κ1) is 19.2. The van der Waals surface area contributed by atoms with Gasteiger partial charge in [0.15, 0.2) is 0 Å². The third-order valence-electron chi connectivity index (χ3n) is 3.91. The first-order valence-corrected chi connectivity index (χ1v) is 9.67. The topological polar surface area (TPSA) is 118 Å². The molecule has 0 saturated carbocycles. The van der Waals surface area contributed by atoms with Crippen LogP contribution in [0.5, 0.6) is 0 Å². The van der Waals surface area contributed by atoms with Gasteiger partial charge in [0.1, 0.15) is 5.69 Å². The maximum absolute atomic E-state index is 12.6. The Balaban J connectivity index is 1.91. The number of para-hydroxylation sites is 1. The molecule has 0 atom stereocenters. The Kier molecular flexibility index (Phi) is 5.50. The average molecular weight is 399 g/mol. The minimum atomic E-state index is -3.97. The van der Waals surface area contributed by atoms with Crippen LogP contribution >= 0.6 is 0 Å². The van der Waals surface area contributed by atoms with Gasteiger partial charge < -0.3 is 4.90 Å². The summed E-state index contributed by atoms with van der Waals surface area (Å²) in [5.74, 6) is 0. The second kappa shape index (κ2) is 8.01. The van der Waals surface area contributed by atoms with Gasteiger partial charge in [0.05, 0.1) is 28.3 Å². The molecular formula is C18H17N5O4S. The number of nitrogens with zero attached hydrogens (tertiary/aromatic N) is 4. The van der Waals surface area contributed by atoms with Crippen molar-refractivity contribution in [1.82, 2.24) is 9.97 Å². The summed E-state index contributed by atoms with van der Waals surface area (Å²) in [5, 5.41) is 11.6. The van der Waals surface area contributed by atoms with Crippen molar-refractivity contribution in [3.05, 3.63) is 82.9 Å². The van der Waals surface area contributed by atoms with E-state index in [1.807, 2.05) is 0 Å². The predicted molar refractivity (Wildman–Crippen MR) is 104 cm³/mol. The fourth-order valence-corrected chi connectivity index (χ4v) is 3.68. The van der Waals surface area contributed by atoms with Crippen molar-refractivity contribution in [2.75, 3.05) is 16.7 Å². The summed E-state index contributed by atoms with van der Waals surface area (Å²) in [6.07, 6.45) is 4.62. The molecule has 0 radical (unpaired) electrons. The van der Waals surface area contributed by atoms with Gasteiger partial charge in [0, 0.05) is 31.2 Å². The van der Waals surface area contributed by atoms with Crippen LogP contribution in [0.15, 0.2) is 72.0 Å². The third kappa shape index (κ3) is 4.41. The van der Waals surface area contributed by atoms with Crippen molar-refractivity contribution in [2.24, 2.45) is 0 Å². The Morgan fingerprint density at radius 1 is 1.14 bits per heavy atom. The highest BCUT2D eigenvalue weighted by molar-refractivity contribution is 7.92. The minimum absolute atomic E-state index is 0.195. The molecule has 0 unspecified atom stereocenters. The van der Waals surface area contributed by atoms with Crippen molar-refractivity contribution in [1.29, 1.82) is 0 Å². The van der Waals surface area contributed by atoms with Gasteiger partial charge >= 0.3 is 0 Å². The Bertz CT molecular complexity index is 1080. The molecule has 3 aromatic rings. The lowest BCUT2D eigenvalue weighted by atomic mass is 10.2. The lowest BCUT2D eigenvalue weighted by Crippen LogP contribution is -2.19. The number of nitro groups is 1. The largest absolute Gasteiger partial charge is 0.363 e. The molecule has 0 aliphatic heterocycles. The predicted octanol–water partition coefficient (Wildman–Crippen LogP) is 2.82. The Morgan fingerprint density at radius 3 is 2.54 bits per heavy atom. The molecule has 1 aromatic heterocycles. The number of hydrogen-bond donors (Lipinski definition) is 1. The Morgan fingerprint density at radius 2 is 1.89 bits per heavy atom. The Hall–Kier alpha value is -3.53. The quantitative estimate of drug-likeness (QED) is 0.479. The SMILES string of the molecule is CN(Cc1cnccn1)c1ccc(S(=O)(=O)Nc2ccccc2)cc1[N+](=O)[O-]. The average Bonchev–Trinajstić information content (AvgIpc) is 2.68. The molecule has 144 valence electrons. The zero-order valence-corrected chi connectivity index (χ0v) is 15.7. The van der Waals surface area contributed by atoms with Crippen LogP contribution in [0.4, 0.5) is 17.1 Å². The summed E-state index contributed by atoms with van der Waals surface area (Å²) in [6.45, 7) is 0.281. The molecule has 9 nitrogen and oxygen atoms in total. The van der Waals surface area contributed by atoms with E-state index >= 15 is 0 Å². The molecule has 1 heterocycles. The number of nitrogens with one attached hydrogen (secondary N) is 1. The second-order valence-electron chi connectivity index (χ2n) is 5.93. The number of nitro benzene ring substituents is 1. The fourth-order valence-electron chi connectivity index (χ4n) is 2.60. The van der Waals surface area contributed by atoms with Gasteiger partial charge in [-0.3, -0.25) is 24.8 Å². The highest BCUT2D eigenvalue weighted by Gasteiger charge is 2.23. The Labute approximate surface area is 161 Å². The molecule has 3 rings (SSSR count). The van der Waals surface area contributed by atoms with Crippen molar-refractivity contribution in [3.63, 3.8) is 0 Å². The van der Waals surface area contributed by atoms with E-state index in [2.05, 4.69) is 14.7 Å². The summed E-state index contributed by atoms with van der Waals surface area (Å²) in [6, 6.07) is 12.1. The molecule has 0 aliphatic carbocycles. The van der Waals surface area contributed by atoms with Crippen LogP contribution in [-0.4, -0.2) is 30.4 Å². The summed E-state index contributed by atoms with van der Waals surface area (Å²) >= 11 is 0. The zero-order chi connectivity index (χ0) is 20.1. The van der Waals surface area contributed by atoms with Crippen LogP contribution in [0.1, 0.15) is 5.69 Å². The number of anilines is 2. The maximum atomic E-state index is 12.6. The number of hydrogen-bond acceptors (Lipinski definition) is 7. The molecule has 2 aromatic carbocycles. The first-order chi connectivity index (χ1) is 13.4. The van der Waals surface area contributed by atoms with Gasteiger partial charge in [-0.2, -0.15) is 0 Å². The number of rotatable bonds is 7. The second-order valence-corrected chi connectivity index (χ2v) is 7.61. The van der Waals surface area contributed by atoms with E-state index in [1.54, 1.807) is 48.5 Å². The highest BCUT2D eigenvalue weighted by Crippen LogP contribution is 2.31. The van der Waals surface area contributed by atoms with Crippen molar-refractivity contribution < 1.29 is 13.3 Å². The van der Waals surface area contributed by atoms with Crippen LogP contribution in [0.25, 0.3) is 0 Å². The summed E-state index contributed by atoms with van der Waals surface area (Å²) in [5.41, 5.74) is 0.951. The third-order valence-corrected chi connectivity index (χ3v) is 5.29. The number of sulfonamides is 1. The number of benzene rings is 2. The molecule has 0 bridgehead atoms. The van der Waals surface area contributed by atoms with E-state index in [0.717, 1.165) is 6.07 Å². The van der Waals surface area contributed by atoms with Crippen LogP contribution in [-0.2, 0) is 16.6 Å². The molecule has 28 heavy (non-hydrogen) atoms. The van der Waals surface area contributed by atoms with Gasteiger partial charge in [0.25, 0.3) is 15.7 Å². The van der Waals surface area contributed by atoms with E-state index in [4.69, 9.17) is 0 Å². The summed E-state index contributed by atoms with van der Waals surface area (Å²) < 4.78 is 27.6. The van der Waals surface area contributed by atoms with Crippen molar-refractivity contribution in [2.45, 2.75) is 11.4 Å². The van der Waals surface area contributed by atoms with Crippen LogP contribution in [0.3, 0.4) is 0 Å². The lowest BCUT2D eigenvalue weighted by Gasteiger charge is -2.19. The van der Waals surface area contributed by atoms with Crippen LogP contribution in [0.2, 0.25) is 0 Å². The molecule has 1 N–H and O–H groups in total. The summed E-state index contributed by atoms with van der Waals surface area (Å²) in [7, 11) is -2.31. The van der Waals surface area contributed by atoms with Crippen LogP contribution in [0, 0.1) is 10.1 Å². The fraction of sp³-hybridized carbons (Fsp3) is 0.111. The van der Waals surface area contributed by atoms with Crippen molar-refractivity contribution >= 4 is 27.1 Å². The van der Waals surface area contributed by atoms with Gasteiger partial charge in [-0.15, -0.1) is 0 Å². The van der Waals surface area contributed by atoms with Gasteiger partial charge in [-0.25, -0.2) is 8.42 Å². The van der Waals surface area contributed by atoms with Crippen LogP contribution < -0.4 is 9.62 Å². The first-order valence-electron chi connectivity index (χ1n) is 8.19. The van der Waals surface area contributed by atoms with Gasteiger partial charge in [0.2, 0.25) is 0 Å². The highest BCUT2D eigenvalue weighted by atomic mass is 32.2.